The number of anilines is 1. The van der Waals surface area contributed by atoms with Crippen LogP contribution in [0.25, 0.3) is 0 Å². The average Bonchev–Trinajstić information content (AvgIpc) is 2.51. The van der Waals surface area contributed by atoms with Gasteiger partial charge in [0.15, 0.2) is 0 Å². The maximum absolute atomic E-state index is 12.5. The molecular weight excluding hydrogens is 358 g/mol. The van der Waals surface area contributed by atoms with Gasteiger partial charge in [0.1, 0.15) is 0 Å². The molecule has 0 saturated carbocycles. The lowest BCUT2D eigenvalue weighted by molar-refractivity contribution is -0.120. The fourth-order valence-corrected chi connectivity index (χ4v) is 3.12. The predicted octanol–water partition coefficient (Wildman–Crippen LogP) is 2.59. The normalized spacial score (nSPS) is 16.7. The van der Waals surface area contributed by atoms with Crippen molar-refractivity contribution >= 4 is 27.5 Å². The molecule has 1 amide bonds. The van der Waals surface area contributed by atoms with Crippen LogP contribution in [0.4, 0.5) is 5.69 Å². The van der Waals surface area contributed by atoms with Crippen LogP contribution < -0.4 is 10.9 Å². The maximum atomic E-state index is 12.5. The first kappa shape index (κ1) is 15.9. The number of carbonyl (C=O) groups excluding carboxylic acids is 1. The number of nitrogens with one attached hydrogen (secondary N) is 1. The van der Waals surface area contributed by atoms with Gasteiger partial charge in [-0.15, -0.1) is 0 Å². The summed E-state index contributed by atoms with van der Waals surface area (Å²) in [5, 5.41) is 7.25. The molecule has 5 nitrogen and oxygen atoms in total. The molecule has 0 unspecified atom stereocenters. The molecule has 1 N–H and O–H groups in total. The summed E-state index contributed by atoms with van der Waals surface area (Å²) in [4.78, 5) is 24.2. The summed E-state index contributed by atoms with van der Waals surface area (Å²) in [6.07, 6.45) is 2.04. The van der Waals surface area contributed by atoms with Crippen molar-refractivity contribution < 1.29 is 4.79 Å². The highest BCUT2D eigenvalue weighted by Gasteiger charge is 2.26. The second kappa shape index (κ2) is 6.28. The van der Waals surface area contributed by atoms with E-state index in [1.165, 1.54) is 4.68 Å². The number of hydrogen-bond acceptors (Lipinski definition) is 3. The van der Waals surface area contributed by atoms with Gasteiger partial charge >= 0.3 is 0 Å². The van der Waals surface area contributed by atoms with Gasteiger partial charge in [0.05, 0.1) is 5.69 Å². The van der Waals surface area contributed by atoms with E-state index < -0.39 is 0 Å². The predicted molar refractivity (Wildman–Crippen MR) is 92.5 cm³/mol. The van der Waals surface area contributed by atoms with Crippen LogP contribution >= 0.6 is 15.9 Å². The second-order valence-electron chi connectivity index (χ2n) is 5.97. The fourth-order valence-electron chi connectivity index (χ4n) is 2.88. The van der Waals surface area contributed by atoms with E-state index in [9.17, 15) is 9.59 Å². The van der Waals surface area contributed by atoms with Crippen molar-refractivity contribution in [3.63, 3.8) is 0 Å². The summed E-state index contributed by atoms with van der Waals surface area (Å²) in [6, 6.07) is 7.35. The summed E-state index contributed by atoms with van der Waals surface area (Å²) in [5.74, 6) is -0.126. The lowest BCUT2D eigenvalue weighted by atomic mass is 9.86. The van der Waals surface area contributed by atoms with Crippen LogP contribution in [0.15, 0.2) is 33.5 Å². The minimum Gasteiger partial charge on any atom is -0.326 e. The van der Waals surface area contributed by atoms with Crippen LogP contribution in [-0.2, 0) is 24.7 Å². The van der Waals surface area contributed by atoms with Crippen molar-refractivity contribution in [1.82, 2.24) is 9.78 Å². The van der Waals surface area contributed by atoms with Gasteiger partial charge in [0.2, 0.25) is 5.91 Å². The van der Waals surface area contributed by atoms with E-state index in [-0.39, 0.29) is 17.4 Å². The van der Waals surface area contributed by atoms with Crippen molar-refractivity contribution in [2.45, 2.75) is 26.2 Å². The summed E-state index contributed by atoms with van der Waals surface area (Å²) in [6.45, 7) is 1.98. The number of benzene rings is 1. The first-order chi connectivity index (χ1) is 10.9. The third-order valence-corrected chi connectivity index (χ3v) is 5.14. The molecule has 0 aliphatic heterocycles. The first-order valence-electron chi connectivity index (χ1n) is 7.57. The van der Waals surface area contributed by atoms with E-state index in [1.54, 1.807) is 13.1 Å². The van der Waals surface area contributed by atoms with Gasteiger partial charge in [-0.05, 0) is 55.5 Å². The highest BCUT2D eigenvalue weighted by atomic mass is 79.9. The van der Waals surface area contributed by atoms with Crippen LogP contribution in [-0.4, -0.2) is 15.7 Å². The lowest BCUT2D eigenvalue weighted by Crippen LogP contribution is -2.31. The van der Waals surface area contributed by atoms with E-state index in [0.29, 0.717) is 6.42 Å². The van der Waals surface area contributed by atoms with Crippen LogP contribution in [0.2, 0.25) is 0 Å². The van der Waals surface area contributed by atoms with Crippen LogP contribution in [0.1, 0.15) is 23.2 Å². The SMILES string of the molecule is Cc1cc(NC(=O)[C@@H]2CCc3nn(C)c(=O)cc3C2)ccc1Br. The molecule has 0 fully saturated rings. The molecule has 1 aliphatic rings. The molecule has 1 aromatic carbocycles. The largest absolute Gasteiger partial charge is 0.326 e. The minimum atomic E-state index is -0.131. The van der Waals surface area contributed by atoms with E-state index in [2.05, 4.69) is 26.3 Å². The Bertz CT molecular complexity index is 829. The second-order valence-corrected chi connectivity index (χ2v) is 6.83. The van der Waals surface area contributed by atoms with Gasteiger partial charge in [-0.1, -0.05) is 15.9 Å². The number of aromatic nitrogens is 2. The molecule has 0 bridgehead atoms. The summed E-state index contributed by atoms with van der Waals surface area (Å²) >= 11 is 3.45. The molecule has 1 atom stereocenters. The molecule has 2 aromatic rings. The molecule has 1 aliphatic carbocycles. The maximum Gasteiger partial charge on any atom is 0.266 e. The highest BCUT2D eigenvalue weighted by molar-refractivity contribution is 9.10. The van der Waals surface area contributed by atoms with Crippen molar-refractivity contribution in [3.05, 3.63) is 55.9 Å². The monoisotopic (exact) mass is 375 g/mol. The standard InChI is InChI=1S/C17H18BrN3O2/c1-10-7-13(4-5-14(10)18)19-17(23)11-3-6-15-12(8-11)9-16(22)21(2)20-15/h4-5,7,9,11H,3,6,8H2,1-2H3,(H,19,23)/t11-/m1/s1. The molecule has 0 radical (unpaired) electrons. The Balaban J connectivity index is 1.75. The molecule has 120 valence electrons. The quantitative estimate of drug-likeness (QED) is 0.877. The molecule has 0 spiro atoms. The molecule has 23 heavy (non-hydrogen) atoms. The van der Waals surface area contributed by atoms with E-state index in [1.807, 2.05) is 25.1 Å². The number of amides is 1. The Kier molecular flexibility index (Phi) is 4.35. The minimum absolute atomic E-state index is 0.00181. The van der Waals surface area contributed by atoms with Crippen LogP contribution in [0.3, 0.4) is 0 Å². The third-order valence-electron chi connectivity index (χ3n) is 4.25. The Morgan fingerprint density at radius 1 is 1.39 bits per heavy atom. The molecule has 0 saturated heterocycles. The fraction of sp³-hybridized carbons (Fsp3) is 0.353. The highest BCUT2D eigenvalue weighted by Crippen LogP contribution is 2.25. The Morgan fingerprint density at radius 2 is 2.17 bits per heavy atom. The number of aryl methyl sites for hydroxylation is 3. The zero-order valence-electron chi connectivity index (χ0n) is 13.1. The van der Waals surface area contributed by atoms with Crippen molar-refractivity contribution in [3.8, 4) is 0 Å². The molecule has 1 aromatic heterocycles. The molecule has 3 rings (SSSR count). The van der Waals surface area contributed by atoms with E-state index >= 15 is 0 Å². The summed E-state index contributed by atoms with van der Waals surface area (Å²) < 4.78 is 2.37. The van der Waals surface area contributed by atoms with Gasteiger partial charge in [0, 0.05) is 29.2 Å². The van der Waals surface area contributed by atoms with E-state index in [4.69, 9.17) is 0 Å². The number of halogens is 1. The number of fused-ring (bicyclic) bond motifs is 1. The first-order valence-corrected chi connectivity index (χ1v) is 8.36. The number of nitrogens with zero attached hydrogens (tertiary/aromatic N) is 2. The van der Waals surface area contributed by atoms with Gasteiger partial charge in [0.25, 0.3) is 5.56 Å². The smallest absolute Gasteiger partial charge is 0.266 e. The van der Waals surface area contributed by atoms with E-state index in [0.717, 1.165) is 39.8 Å². The number of hydrogen-bond donors (Lipinski definition) is 1. The Labute approximate surface area is 142 Å². The molecular formula is C17H18BrN3O2. The number of carbonyl (C=O) groups is 1. The summed E-state index contributed by atoms with van der Waals surface area (Å²) in [5.41, 5.74) is 3.56. The summed E-state index contributed by atoms with van der Waals surface area (Å²) in [7, 11) is 1.65. The average molecular weight is 376 g/mol. The topological polar surface area (TPSA) is 64.0 Å². The zero-order valence-corrected chi connectivity index (χ0v) is 14.7. The van der Waals surface area contributed by atoms with Crippen LogP contribution in [0, 0.1) is 12.8 Å². The lowest BCUT2D eigenvalue weighted by Gasteiger charge is -2.23. The molecule has 6 heteroatoms. The van der Waals surface area contributed by atoms with Gasteiger partial charge in [-0.2, -0.15) is 5.10 Å². The van der Waals surface area contributed by atoms with Crippen LogP contribution in [0.5, 0.6) is 0 Å². The Morgan fingerprint density at radius 3 is 2.91 bits per heavy atom. The zero-order chi connectivity index (χ0) is 16.6. The van der Waals surface area contributed by atoms with Gasteiger partial charge < -0.3 is 5.32 Å². The molecule has 1 heterocycles. The van der Waals surface area contributed by atoms with Gasteiger partial charge in [-0.25, -0.2) is 4.68 Å². The van der Waals surface area contributed by atoms with Crippen molar-refractivity contribution in [2.24, 2.45) is 13.0 Å². The number of rotatable bonds is 2. The van der Waals surface area contributed by atoms with Crippen molar-refractivity contribution in [2.75, 3.05) is 5.32 Å². The van der Waals surface area contributed by atoms with Gasteiger partial charge in [-0.3, -0.25) is 9.59 Å². The Hall–Kier alpha value is -1.95. The van der Waals surface area contributed by atoms with Crippen molar-refractivity contribution in [1.29, 1.82) is 0 Å². The third kappa shape index (κ3) is 3.37.